The SMILES string of the molecule is O[C@@H]1C[C@H]2c3ccccc3[C@H]1[C@@H]2Br. The van der Waals surface area contributed by atoms with E-state index in [0.717, 1.165) is 6.42 Å². The second-order valence-electron chi connectivity index (χ2n) is 4.01. The molecule has 0 spiro atoms. The quantitative estimate of drug-likeness (QED) is 0.689. The van der Waals surface area contributed by atoms with Crippen LogP contribution >= 0.6 is 15.9 Å². The Hall–Kier alpha value is -0.340. The standard InChI is InChI=1S/C11H11BrO/c12-11-8-5-9(13)10(11)7-4-2-1-3-6(7)8/h1-4,8-11,13H,5H2/t8-,9+,10+,11+/m0/s1. The summed E-state index contributed by atoms with van der Waals surface area (Å²) in [6.45, 7) is 0. The summed E-state index contributed by atoms with van der Waals surface area (Å²) < 4.78 is 0. The van der Waals surface area contributed by atoms with E-state index >= 15 is 0 Å². The number of halogens is 1. The van der Waals surface area contributed by atoms with Gasteiger partial charge in [-0.1, -0.05) is 40.2 Å². The highest BCUT2D eigenvalue weighted by Crippen LogP contribution is 2.56. The number of aliphatic hydroxyl groups is 1. The summed E-state index contributed by atoms with van der Waals surface area (Å²) in [7, 11) is 0. The first-order valence-corrected chi connectivity index (χ1v) is 5.61. The minimum absolute atomic E-state index is 0.135. The van der Waals surface area contributed by atoms with Crippen LogP contribution < -0.4 is 0 Å². The molecule has 1 saturated carbocycles. The number of hydrogen-bond donors (Lipinski definition) is 1. The summed E-state index contributed by atoms with van der Waals surface area (Å²) in [5.41, 5.74) is 2.80. The van der Waals surface area contributed by atoms with Crippen molar-refractivity contribution in [3.05, 3.63) is 35.4 Å². The average molecular weight is 239 g/mol. The Balaban J connectivity index is 2.18. The molecule has 68 valence electrons. The fraction of sp³-hybridized carbons (Fsp3) is 0.455. The molecule has 1 nitrogen and oxygen atoms in total. The van der Waals surface area contributed by atoms with E-state index in [1.165, 1.54) is 11.1 Å². The maximum absolute atomic E-state index is 9.81. The number of rotatable bonds is 0. The van der Waals surface area contributed by atoms with Crippen LogP contribution in [-0.2, 0) is 0 Å². The van der Waals surface area contributed by atoms with Crippen molar-refractivity contribution in [3.63, 3.8) is 0 Å². The molecule has 3 rings (SSSR count). The molecule has 0 unspecified atom stereocenters. The maximum Gasteiger partial charge on any atom is 0.0626 e. The van der Waals surface area contributed by atoms with Gasteiger partial charge in [0, 0.05) is 10.7 Å². The van der Waals surface area contributed by atoms with Crippen LogP contribution in [-0.4, -0.2) is 16.0 Å². The molecule has 0 radical (unpaired) electrons. The summed E-state index contributed by atoms with van der Waals surface area (Å²) in [4.78, 5) is 0.458. The van der Waals surface area contributed by atoms with Gasteiger partial charge in [-0.15, -0.1) is 0 Å². The zero-order chi connectivity index (χ0) is 9.00. The molecule has 2 aliphatic rings. The van der Waals surface area contributed by atoms with Gasteiger partial charge in [-0.05, 0) is 23.5 Å². The number of benzene rings is 1. The van der Waals surface area contributed by atoms with Crippen LogP contribution in [0.5, 0.6) is 0 Å². The second kappa shape index (κ2) is 2.58. The molecule has 4 atom stereocenters. The highest BCUT2D eigenvalue weighted by atomic mass is 79.9. The third-order valence-corrected chi connectivity index (χ3v) is 4.60. The Morgan fingerprint density at radius 1 is 1.23 bits per heavy atom. The summed E-state index contributed by atoms with van der Waals surface area (Å²) in [6.07, 6.45) is 0.793. The fourth-order valence-corrected chi connectivity index (χ4v) is 3.97. The first-order valence-electron chi connectivity index (χ1n) is 4.70. The molecule has 1 aromatic rings. The van der Waals surface area contributed by atoms with Gasteiger partial charge in [-0.25, -0.2) is 0 Å². The van der Waals surface area contributed by atoms with Crippen LogP contribution in [0.4, 0.5) is 0 Å². The Bertz CT molecular complexity index is 350. The Kier molecular flexibility index (Phi) is 1.59. The molecular formula is C11H11BrO. The molecule has 0 amide bonds. The van der Waals surface area contributed by atoms with Crippen molar-refractivity contribution in [1.29, 1.82) is 0 Å². The normalized spacial score (nSPS) is 40.8. The maximum atomic E-state index is 9.81. The van der Waals surface area contributed by atoms with Crippen molar-refractivity contribution in [2.45, 2.75) is 29.2 Å². The lowest BCUT2D eigenvalue weighted by Crippen LogP contribution is -2.16. The summed E-state index contributed by atoms with van der Waals surface area (Å²) in [6, 6.07) is 8.49. The third-order valence-electron chi connectivity index (χ3n) is 3.39. The van der Waals surface area contributed by atoms with Gasteiger partial charge in [-0.3, -0.25) is 0 Å². The molecule has 0 heterocycles. The lowest BCUT2D eigenvalue weighted by molar-refractivity contribution is 0.159. The second-order valence-corrected chi connectivity index (χ2v) is 5.07. The van der Waals surface area contributed by atoms with Gasteiger partial charge in [0.25, 0.3) is 0 Å². The largest absolute Gasteiger partial charge is 0.392 e. The zero-order valence-electron chi connectivity index (χ0n) is 7.15. The van der Waals surface area contributed by atoms with E-state index in [4.69, 9.17) is 0 Å². The molecule has 0 aromatic heterocycles. The minimum atomic E-state index is -0.135. The van der Waals surface area contributed by atoms with Crippen molar-refractivity contribution < 1.29 is 5.11 Å². The molecule has 13 heavy (non-hydrogen) atoms. The van der Waals surface area contributed by atoms with Crippen LogP contribution in [0, 0.1) is 0 Å². The van der Waals surface area contributed by atoms with E-state index < -0.39 is 0 Å². The van der Waals surface area contributed by atoms with E-state index in [2.05, 4.69) is 40.2 Å². The molecule has 2 heteroatoms. The molecule has 1 fully saturated rings. The van der Waals surface area contributed by atoms with E-state index in [0.29, 0.717) is 16.7 Å². The summed E-state index contributed by atoms with van der Waals surface area (Å²) >= 11 is 3.69. The van der Waals surface area contributed by atoms with E-state index in [-0.39, 0.29) is 6.10 Å². The smallest absolute Gasteiger partial charge is 0.0626 e. The Morgan fingerprint density at radius 3 is 2.69 bits per heavy atom. The zero-order valence-corrected chi connectivity index (χ0v) is 8.74. The Labute approximate surface area is 85.9 Å². The van der Waals surface area contributed by atoms with Gasteiger partial charge in [0.2, 0.25) is 0 Å². The van der Waals surface area contributed by atoms with Crippen molar-refractivity contribution in [2.24, 2.45) is 0 Å². The highest BCUT2D eigenvalue weighted by Gasteiger charge is 2.49. The summed E-state index contributed by atoms with van der Waals surface area (Å²) in [5.74, 6) is 0.873. The number of fused-ring (bicyclic) bond motifs is 5. The van der Waals surface area contributed by atoms with Crippen LogP contribution in [0.2, 0.25) is 0 Å². The molecule has 2 aliphatic carbocycles. The van der Waals surface area contributed by atoms with E-state index in [9.17, 15) is 5.11 Å². The third kappa shape index (κ3) is 0.906. The van der Waals surface area contributed by atoms with Gasteiger partial charge in [-0.2, -0.15) is 0 Å². The predicted molar refractivity (Wildman–Crippen MR) is 55.3 cm³/mol. The van der Waals surface area contributed by atoms with E-state index in [1.807, 2.05) is 0 Å². The molecule has 0 aliphatic heterocycles. The van der Waals surface area contributed by atoms with Crippen molar-refractivity contribution in [2.75, 3.05) is 0 Å². The molecule has 1 aromatic carbocycles. The molecule has 0 saturated heterocycles. The molecule has 1 N–H and O–H groups in total. The van der Waals surface area contributed by atoms with Gasteiger partial charge in [0.15, 0.2) is 0 Å². The highest BCUT2D eigenvalue weighted by molar-refractivity contribution is 9.09. The van der Waals surface area contributed by atoms with E-state index in [1.54, 1.807) is 0 Å². The number of hydrogen-bond acceptors (Lipinski definition) is 1. The monoisotopic (exact) mass is 238 g/mol. The Morgan fingerprint density at radius 2 is 1.92 bits per heavy atom. The lowest BCUT2D eigenvalue weighted by atomic mass is 9.90. The molecule has 2 bridgehead atoms. The van der Waals surface area contributed by atoms with Crippen LogP contribution in [0.15, 0.2) is 24.3 Å². The van der Waals surface area contributed by atoms with Gasteiger partial charge >= 0.3 is 0 Å². The van der Waals surface area contributed by atoms with Crippen LogP contribution in [0.1, 0.15) is 29.4 Å². The first-order chi connectivity index (χ1) is 6.29. The summed E-state index contributed by atoms with van der Waals surface area (Å²) in [5, 5.41) is 9.81. The van der Waals surface area contributed by atoms with Crippen LogP contribution in [0.3, 0.4) is 0 Å². The minimum Gasteiger partial charge on any atom is -0.392 e. The average Bonchev–Trinajstić information content (AvgIpc) is 2.56. The topological polar surface area (TPSA) is 20.2 Å². The fourth-order valence-electron chi connectivity index (χ4n) is 2.83. The number of alkyl halides is 1. The first kappa shape index (κ1) is 8.01. The number of aliphatic hydroxyl groups excluding tert-OH is 1. The van der Waals surface area contributed by atoms with Crippen molar-refractivity contribution >= 4 is 15.9 Å². The lowest BCUT2D eigenvalue weighted by Gasteiger charge is -2.19. The molecular weight excluding hydrogens is 228 g/mol. The van der Waals surface area contributed by atoms with Crippen molar-refractivity contribution in [3.8, 4) is 0 Å². The van der Waals surface area contributed by atoms with Crippen LogP contribution in [0.25, 0.3) is 0 Å². The van der Waals surface area contributed by atoms with Gasteiger partial charge < -0.3 is 5.11 Å². The van der Waals surface area contributed by atoms with Gasteiger partial charge in [0.1, 0.15) is 0 Å². The van der Waals surface area contributed by atoms with Gasteiger partial charge in [0.05, 0.1) is 6.10 Å². The van der Waals surface area contributed by atoms with Crippen molar-refractivity contribution in [1.82, 2.24) is 0 Å². The predicted octanol–water partition coefficient (Wildman–Crippen LogP) is 2.40.